The van der Waals surface area contributed by atoms with Crippen LogP contribution in [0.15, 0.2) is 41.3 Å². The molecule has 1 saturated heterocycles. The molecular weight excluding hydrogens is 581 g/mol. The number of hydrogen-bond acceptors (Lipinski definition) is 7. The topological polar surface area (TPSA) is 134 Å². The molecule has 2 aliphatic rings. The van der Waals surface area contributed by atoms with Gasteiger partial charge in [0.1, 0.15) is 6.04 Å². The first-order valence-corrected chi connectivity index (χ1v) is 14.4. The smallest absolute Gasteiger partial charge is 0.328 e. The van der Waals surface area contributed by atoms with Gasteiger partial charge in [0.15, 0.2) is 11.5 Å². The van der Waals surface area contributed by atoms with Gasteiger partial charge in [-0.05, 0) is 55.0 Å². The predicted molar refractivity (Wildman–Crippen MR) is 151 cm³/mol. The predicted octanol–water partition coefficient (Wildman–Crippen LogP) is 3.70. The fraction of sp³-hybridized carbons (Fsp3) is 0.333. The molecule has 0 aromatic heterocycles. The Morgan fingerprint density at radius 2 is 1.82 bits per heavy atom. The summed E-state index contributed by atoms with van der Waals surface area (Å²) in [6.07, 6.45) is 5.66. The third-order valence-corrected chi connectivity index (χ3v) is 8.38. The summed E-state index contributed by atoms with van der Waals surface area (Å²) in [5.41, 5.74) is 0.894. The lowest BCUT2D eigenvalue weighted by Crippen LogP contribution is -2.51. The molecule has 3 amide bonds. The second kappa shape index (κ2) is 13.3. The van der Waals surface area contributed by atoms with Crippen LogP contribution in [0.2, 0.25) is 10.0 Å². The number of hydrogen-bond donors (Lipinski definition) is 3. The molecule has 2 heterocycles. The van der Waals surface area contributed by atoms with E-state index >= 15 is 0 Å². The molecule has 0 bridgehead atoms. The van der Waals surface area contributed by atoms with Crippen molar-refractivity contribution in [3.63, 3.8) is 0 Å². The molecule has 0 spiro atoms. The fourth-order valence-corrected chi connectivity index (χ4v) is 5.46. The van der Waals surface area contributed by atoms with Crippen LogP contribution in [-0.2, 0) is 14.4 Å². The third-order valence-electron chi connectivity index (χ3n) is 6.60. The summed E-state index contributed by atoms with van der Waals surface area (Å²) in [7, 11) is 0. The van der Waals surface area contributed by atoms with E-state index in [-0.39, 0.29) is 24.8 Å². The van der Waals surface area contributed by atoms with Gasteiger partial charge in [-0.15, -0.1) is 11.8 Å². The van der Waals surface area contributed by atoms with E-state index in [1.54, 1.807) is 23.1 Å². The van der Waals surface area contributed by atoms with Crippen LogP contribution in [0.3, 0.4) is 0 Å². The van der Waals surface area contributed by atoms with Crippen molar-refractivity contribution >= 4 is 64.7 Å². The summed E-state index contributed by atoms with van der Waals surface area (Å²) in [5.74, 6) is -1.98. The Kier molecular flexibility index (Phi) is 9.83. The summed E-state index contributed by atoms with van der Waals surface area (Å²) < 4.78 is 10.5. The zero-order valence-electron chi connectivity index (χ0n) is 21.4. The summed E-state index contributed by atoms with van der Waals surface area (Å²) in [6.45, 7) is 0.425. The van der Waals surface area contributed by atoms with Gasteiger partial charge in [0, 0.05) is 42.1 Å². The molecule has 0 saturated carbocycles. The van der Waals surface area contributed by atoms with Crippen molar-refractivity contribution < 1.29 is 33.8 Å². The van der Waals surface area contributed by atoms with Crippen molar-refractivity contribution in [3.05, 3.63) is 57.6 Å². The number of halogens is 2. The van der Waals surface area contributed by atoms with Crippen LogP contribution >= 0.6 is 35.0 Å². The van der Waals surface area contributed by atoms with Gasteiger partial charge in [-0.3, -0.25) is 14.4 Å². The van der Waals surface area contributed by atoms with E-state index in [9.17, 15) is 24.3 Å². The molecular formula is C27H27Cl2N3O7S. The minimum Gasteiger partial charge on any atom is -0.480 e. The van der Waals surface area contributed by atoms with Crippen molar-refractivity contribution in [2.24, 2.45) is 5.92 Å². The molecule has 1 fully saturated rings. The minimum atomic E-state index is -1.32. The number of carbonyl (C=O) groups is 4. The van der Waals surface area contributed by atoms with Crippen molar-refractivity contribution in [3.8, 4) is 11.5 Å². The van der Waals surface area contributed by atoms with Crippen LogP contribution in [0, 0.1) is 5.92 Å². The van der Waals surface area contributed by atoms with E-state index in [4.69, 9.17) is 32.7 Å². The molecule has 10 nitrogen and oxygen atoms in total. The molecule has 3 N–H and O–H groups in total. The number of benzene rings is 2. The highest BCUT2D eigenvalue weighted by molar-refractivity contribution is 7.98. The molecule has 40 heavy (non-hydrogen) atoms. The number of carboxylic acid groups (broad SMARTS) is 1. The standard InChI is InChI=1S/C27H27Cl2N3O7S/c1-40-21-6-3-15(23(28)24(21)29)4-7-22(33)32-10-8-16(9-11-32)26(35)31-18(27(36)37)13-30-25(34)17-2-5-19-20(12-17)39-14-38-19/h2-7,12,16,18H,8-11,13-14H2,1H3,(H,30,34)(H,31,35)(H,36,37)/t18-/m0/s1. The van der Waals surface area contributed by atoms with E-state index < -0.39 is 29.7 Å². The maximum atomic E-state index is 12.8. The van der Waals surface area contributed by atoms with Crippen LogP contribution in [-0.4, -0.2) is 72.4 Å². The van der Waals surface area contributed by atoms with E-state index in [0.717, 1.165) is 4.90 Å². The number of rotatable bonds is 9. The largest absolute Gasteiger partial charge is 0.480 e. The zero-order valence-corrected chi connectivity index (χ0v) is 23.8. The van der Waals surface area contributed by atoms with Crippen LogP contribution in [0.5, 0.6) is 11.5 Å². The Morgan fingerprint density at radius 1 is 1.10 bits per heavy atom. The first-order chi connectivity index (χ1) is 19.2. The molecule has 1 atom stereocenters. The Balaban J connectivity index is 1.26. The quantitative estimate of drug-likeness (QED) is 0.290. The second-order valence-electron chi connectivity index (χ2n) is 9.10. The van der Waals surface area contributed by atoms with Gasteiger partial charge in [0.25, 0.3) is 5.91 Å². The van der Waals surface area contributed by atoms with Crippen molar-refractivity contribution in [2.75, 3.05) is 32.7 Å². The second-order valence-corrected chi connectivity index (χ2v) is 10.7. The molecule has 212 valence electrons. The Hall–Kier alpha value is -3.41. The highest BCUT2D eigenvalue weighted by Crippen LogP contribution is 2.35. The number of fused-ring (bicyclic) bond motifs is 1. The maximum Gasteiger partial charge on any atom is 0.328 e. The van der Waals surface area contributed by atoms with Crippen molar-refractivity contribution in [2.45, 2.75) is 23.8 Å². The summed E-state index contributed by atoms with van der Waals surface area (Å²) in [5, 5.41) is 15.4. The molecule has 2 aromatic rings. The lowest BCUT2D eigenvalue weighted by Gasteiger charge is -2.31. The zero-order chi connectivity index (χ0) is 28.8. The van der Waals surface area contributed by atoms with Gasteiger partial charge in [-0.2, -0.15) is 0 Å². The lowest BCUT2D eigenvalue weighted by atomic mass is 9.95. The summed E-state index contributed by atoms with van der Waals surface area (Å²) in [6, 6.07) is 6.93. The highest BCUT2D eigenvalue weighted by Gasteiger charge is 2.30. The number of carbonyl (C=O) groups excluding carboxylic acids is 3. The van der Waals surface area contributed by atoms with E-state index in [2.05, 4.69) is 10.6 Å². The first-order valence-electron chi connectivity index (χ1n) is 12.4. The third kappa shape index (κ3) is 7.01. The van der Waals surface area contributed by atoms with E-state index in [0.29, 0.717) is 53.0 Å². The van der Waals surface area contributed by atoms with Crippen molar-refractivity contribution in [1.82, 2.24) is 15.5 Å². The fourth-order valence-electron chi connectivity index (χ4n) is 4.29. The average Bonchev–Trinajstić information content (AvgIpc) is 3.43. The lowest BCUT2D eigenvalue weighted by molar-refractivity contribution is -0.142. The monoisotopic (exact) mass is 607 g/mol. The summed E-state index contributed by atoms with van der Waals surface area (Å²) in [4.78, 5) is 52.2. The molecule has 2 aromatic carbocycles. The molecule has 4 rings (SSSR count). The molecule has 0 unspecified atom stereocenters. The number of amides is 3. The van der Waals surface area contributed by atoms with Crippen LogP contribution in [0.4, 0.5) is 0 Å². The number of nitrogens with one attached hydrogen (secondary N) is 2. The van der Waals surface area contributed by atoms with Crippen LogP contribution in [0.1, 0.15) is 28.8 Å². The van der Waals surface area contributed by atoms with E-state index in [1.807, 2.05) is 12.3 Å². The number of thioether (sulfide) groups is 1. The number of ether oxygens (including phenoxy) is 2. The number of nitrogens with zero attached hydrogens (tertiary/aromatic N) is 1. The van der Waals surface area contributed by atoms with E-state index in [1.165, 1.54) is 30.0 Å². The molecule has 0 radical (unpaired) electrons. The van der Waals surface area contributed by atoms with Crippen molar-refractivity contribution in [1.29, 1.82) is 0 Å². The molecule has 2 aliphatic heterocycles. The number of aliphatic carboxylic acids is 1. The van der Waals surface area contributed by atoms with Crippen LogP contribution < -0.4 is 20.1 Å². The number of piperidine rings is 1. The van der Waals surface area contributed by atoms with Gasteiger partial charge in [0.05, 0.1) is 10.0 Å². The first kappa shape index (κ1) is 29.6. The van der Waals surface area contributed by atoms with Gasteiger partial charge in [0.2, 0.25) is 18.6 Å². The Labute approximate surface area is 245 Å². The van der Waals surface area contributed by atoms with Gasteiger partial charge in [-0.25, -0.2) is 4.79 Å². The van der Waals surface area contributed by atoms with Crippen LogP contribution in [0.25, 0.3) is 6.08 Å². The van der Waals surface area contributed by atoms with Gasteiger partial charge >= 0.3 is 5.97 Å². The SMILES string of the molecule is CSc1ccc(C=CC(=O)N2CCC(C(=O)N[C@@H](CNC(=O)c3ccc4c(c3)OCO4)C(=O)O)CC2)c(Cl)c1Cl. The van der Waals surface area contributed by atoms with Gasteiger partial charge in [-0.1, -0.05) is 29.3 Å². The molecule has 13 heteroatoms. The average molecular weight is 609 g/mol. The van der Waals surface area contributed by atoms with Gasteiger partial charge < -0.3 is 30.1 Å². The Morgan fingerprint density at radius 3 is 2.52 bits per heavy atom. The Bertz CT molecular complexity index is 1350. The number of likely N-dealkylation sites (tertiary alicyclic amines) is 1. The highest BCUT2D eigenvalue weighted by atomic mass is 35.5. The maximum absolute atomic E-state index is 12.8. The summed E-state index contributed by atoms with van der Waals surface area (Å²) >= 11 is 14.0. The number of carboxylic acids is 1. The minimum absolute atomic E-state index is 0.0639. The normalized spacial score (nSPS) is 15.6. The molecule has 0 aliphatic carbocycles.